The van der Waals surface area contributed by atoms with Crippen molar-refractivity contribution in [1.29, 1.82) is 0 Å². The van der Waals surface area contributed by atoms with E-state index in [1.54, 1.807) is 6.92 Å². The Morgan fingerprint density at radius 2 is 1.93 bits per heavy atom. The van der Waals surface area contributed by atoms with Crippen LogP contribution >= 0.6 is 0 Å². The fourth-order valence-electron chi connectivity index (χ4n) is 3.84. The molecule has 2 aromatic carbocycles. The molecule has 1 aliphatic rings. The molecule has 1 N–H and O–H groups in total. The second-order valence-corrected chi connectivity index (χ2v) is 7.49. The van der Waals surface area contributed by atoms with Gasteiger partial charge in [-0.25, -0.2) is 4.68 Å². The third kappa shape index (κ3) is 3.21. The summed E-state index contributed by atoms with van der Waals surface area (Å²) in [7, 11) is 0. The van der Waals surface area contributed by atoms with Crippen LogP contribution in [0, 0.1) is 0 Å². The van der Waals surface area contributed by atoms with Crippen LogP contribution in [0.5, 0.6) is 0 Å². The van der Waals surface area contributed by atoms with Crippen molar-refractivity contribution in [2.75, 3.05) is 6.54 Å². The molecular formula is C22H23N5O. The van der Waals surface area contributed by atoms with Crippen LogP contribution in [0.1, 0.15) is 30.0 Å². The molecule has 0 spiro atoms. The molecule has 0 amide bonds. The Labute approximate surface area is 163 Å². The van der Waals surface area contributed by atoms with Crippen LogP contribution in [-0.2, 0) is 19.6 Å². The second kappa shape index (κ2) is 6.89. The molecule has 142 valence electrons. The summed E-state index contributed by atoms with van der Waals surface area (Å²) in [5.41, 5.74) is 4.17. The van der Waals surface area contributed by atoms with E-state index < -0.39 is 6.10 Å². The third-order valence-corrected chi connectivity index (χ3v) is 5.36. The molecular weight excluding hydrogens is 350 g/mol. The van der Waals surface area contributed by atoms with Gasteiger partial charge in [-0.05, 0) is 35.9 Å². The van der Waals surface area contributed by atoms with Gasteiger partial charge in [0, 0.05) is 31.4 Å². The highest BCUT2D eigenvalue weighted by Crippen LogP contribution is 2.21. The van der Waals surface area contributed by atoms with Crippen molar-refractivity contribution in [3.8, 4) is 5.69 Å². The van der Waals surface area contributed by atoms with Gasteiger partial charge in [0.15, 0.2) is 0 Å². The number of aliphatic hydroxyl groups is 1. The maximum absolute atomic E-state index is 9.75. The summed E-state index contributed by atoms with van der Waals surface area (Å²) >= 11 is 0. The van der Waals surface area contributed by atoms with Gasteiger partial charge in [-0.2, -0.15) is 10.2 Å². The van der Waals surface area contributed by atoms with E-state index in [9.17, 15) is 5.11 Å². The van der Waals surface area contributed by atoms with E-state index in [0.717, 1.165) is 43.3 Å². The zero-order chi connectivity index (χ0) is 19.1. The molecule has 6 heteroatoms. The molecule has 28 heavy (non-hydrogen) atoms. The van der Waals surface area contributed by atoms with Gasteiger partial charge in [0.25, 0.3) is 0 Å². The lowest BCUT2D eigenvalue weighted by Gasteiger charge is -2.26. The Morgan fingerprint density at radius 1 is 1.07 bits per heavy atom. The maximum atomic E-state index is 9.75. The maximum Gasteiger partial charge on any atom is 0.0950 e. The first-order chi connectivity index (χ1) is 13.7. The fourth-order valence-corrected chi connectivity index (χ4v) is 3.84. The number of fused-ring (bicyclic) bond motifs is 2. The predicted octanol–water partition coefficient (Wildman–Crippen LogP) is 3.29. The molecule has 0 radical (unpaired) electrons. The van der Waals surface area contributed by atoms with Gasteiger partial charge >= 0.3 is 0 Å². The molecule has 6 nitrogen and oxygen atoms in total. The van der Waals surface area contributed by atoms with Crippen molar-refractivity contribution in [3.63, 3.8) is 0 Å². The van der Waals surface area contributed by atoms with Crippen LogP contribution in [0.15, 0.2) is 60.9 Å². The normalized spacial score (nSPS) is 15.6. The van der Waals surface area contributed by atoms with E-state index >= 15 is 0 Å². The van der Waals surface area contributed by atoms with Crippen molar-refractivity contribution >= 4 is 10.8 Å². The second-order valence-electron chi connectivity index (χ2n) is 7.49. The number of hydrogen-bond donors (Lipinski definition) is 1. The molecule has 3 heterocycles. The molecule has 0 aliphatic carbocycles. The van der Waals surface area contributed by atoms with Gasteiger partial charge in [-0.3, -0.25) is 9.58 Å². The highest BCUT2D eigenvalue weighted by molar-refractivity contribution is 5.84. The SMILES string of the molecule is CC(O)c1cc2n(n1)CCN(Cc1cnn(-c3ccc4ccccc4c3)c1)C2. The third-order valence-electron chi connectivity index (χ3n) is 5.36. The minimum absolute atomic E-state index is 0.522. The van der Waals surface area contributed by atoms with E-state index in [4.69, 9.17) is 0 Å². The minimum Gasteiger partial charge on any atom is -0.387 e. The molecule has 0 fully saturated rings. The summed E-state index contributed by atoms with van der Waals surface area (Å²) in [6.07, 6.45) is 3.53. The first-order valence-electron chi connectivity index (χ1n) is 9.65. The van der Waals surface area contributed by atoms with Crippen molar-refractivity contribution in [2.45, 2.75) is 32.7 Å². The van der Waals surface area contributed by atoms with E-state index in [0.29, 0.717) is 0 Å². The number of hydrogen-bond acceptors (Lipinski definition) is 4. The van der Waals surface area contributed by atoms with Crippen LogP contribution in [0.2, 0.25) is 0 Å². The zero-order valence-electron chi connectivity index (χ0n) is 15.9. The lowest BCUT2D eigenvalue weighted by molar-refractivity contribution is 0.189. The molecule has 2 aromatic heterocycles. The van der Waals surface area contributed by atoms with Gasteiger partial charge in [0.1, 0.15) is 0 Å². The van der Waals surface area contributed by atoms with Gasteiger partial charge in [0.05, 0.1) is 35.9 Å². The van der Waals surface area contributed by atoms with E-state index in [1.165, 1.54) is 16.3 Å². The van der Waals surface area contributed by atoms with Gasteiger partial charge in [-0.15, -0.1) is 0 Å². The van der Waals surface area contributed by atoms with Crippen molar-refractivity contribution in [3.05, 3.63) is 77.9 Å². The Balaban J connectivity index is 1.32. The molecule has 0 saturated heterocycles. The summed E-state index contributed by atoms with van der Waals surface area (Å²) in [5.74, 6) is 0. The largest absolute Gasteiger partial charge is 0.387 e. The summed E-state index contributed by atoms with van der Waals surface area (Å²) in [6.45, 7) is 5.23. The molecule has 1 aliphatic heterocycles. The lowest BCUT2D eigenvalue weighted by Crippen LogP contribution is -2.33. The highest BCUT2D eigenvalue weighted by Gasteiger charge is 2.20. The van der Waals surface area contributed by atoms with Gasteiger partial charge < -0.3 is 5.11 Å². The van der Waals surface area contributed by atoms with Gasteiger partial charge in [-0.1, -0.05) is 30.3 Å². The molecule has 0 bridgehead atoms. The number of rotatable bonds is 4. The monoisotopic (exact) mass is 373 g/mol. The van der Waals surface area contributed by atoms with Crippen LogP contribution < -0.4 is 0 Å². The molecule has 0 saturated carbocycles. The summed E-state index contributed by atoms with van der Waals surface area (Å²) in [4.78, 5) is 2.39. The quantitative estimate of drug-likeness (QED) is 0.596. The van der Waals surface area contributed by atoms with E-state index in [1.807, 2.05) is 21.6 Å². The molecule has 4 aromatic rings. The number of benzene rings is 2. The summed E-state index contributed by atoms with van der Waals surface area (Å²) in [6, 6.07) is 16.8. The predicted molar refractivity (Wildman–Crippen MR) is 108 cm³/mol. The molecule has 5 rings (SSSR count). The number of aromatic nitrogens is 4. The van der Waals surface area contributed by atoms with Gasteiger partial charge in [0.2, 0.25) is 0 Å². The zero-order valence-corrected chi connectivity index (χ0v) is 15.9. The van der Waals surface area contributed by atoms with Crippen LogP contribution in [0.3, 0.4) is 0 Å². The Hall–Kier alpha value is -2.96. The first-order valence-corrected chi connectivity index (χ1v) is 9.65. The van der Waals surface area contributed by atoms with Crippen molar-refractivity contribution < 1.29 is 5.11 Å². The molecule has 1 unspecified atom stereocenters. The number of nitrogens with zero attached hydrogens (tertiary/aromatic N) is 5. The number of aliphatic hydroxyl groups excluding tert-OH is 1. The molecule has 1 atom stereocenters. The van der Waals surface area contributed by atoms with Crippen molar-refractivity contribution in [1.82, 2.24) is 24.5 Å². The summed E-state index contributed by atoms with van der Waals surface area (Å²) < 4.78 is 3.96. The Kier molecular flexibility index (Phi) is 4.22. The Morgan fingerprint density at radius 3 is 2.79 bits per heavy atom. The lowest BCUT2D eigenvalue weighted by atomic mass is 10.1. The topological polar surface area (TPSA) is 59.1 Å². The van der Waals surface area contributed by atoms with E-state index in [-0.39, 0.29) is 0 Å². The fraction of sp³-hybridized carbons (Fsp3) is 0.273. The Bertz CT molecular complexity index is 1130. The summed E-state index contributed by atoms with van der Waals surface area (Å²) in [5, 5.41) is 21.3. The minimum atomic E-state index is -0.522. The standard InChI is InChI=1S/C22H23N5O/c1-16(28)22-11-21-15-25(8-9-26(21)24-22)13-17-12-23-27(14-17)20-7-6-18-4-2-3-5-19(18)10-20/h2-7,10-12,14,16,28H,8-9,13,15H2,1H3. The smallest absolute Gasteiger partial charge is 0.0950 e. The van der Waals surface area contributed by atoms with Crippen LogP contribution in [0.4, 0.5) is 0 Å². The van der Waals surface area contributed by atoms with Crippen molar-refractivity contribution in [2.24, 2.45) is 0 Å². The first kappa shape index (κ1) is 17.2. The average Bonchev–Trinajstić information content (AvgIpc) is 3.34. The average molecular weight is 373 g/mol. The van der Waals surface area contributed by atoms with Crippen LogP contribution in [0.25, 0.3) is 16.5 Å². The highest BCUT2D eigenvalue weighted by atomic mass is 16.3. The van der Waals surface area contributed by atoms with Crippen LogP contribution in [-0.4, -0.2) is 36.1 Å². The van der Waals surface area contributed by atoms with E-state index in [2.05, 4.69) is 63.8 Å².